The van der Waals surface area contributed by atoms with Crippen molar-refractivity contribution >= 4 is 0 Å². The predicted octanol–water partition coefficient (Wildman–Crippen LogP) is 2.05. The van der Waals surface area contributed by atoms with E-state index in [0.717, 1.165) is 18.7 Å². The quantitative estimate of drug-likeness (QED) is 0.838. The lowest BCUT2D eigenvalue weighted by Crippen LogP contribution is -2.46. The van der Waals surface area contributed by atoms with Crippen molar-refractivity contribution in [1.29, 1.82) is 0 Å². The number of ether oxygens (including phenoxy) is 1. The fourth-order valence-electron chi connectivity index (χ4n) is 2.50. The molecule has 1 aliphatic rings. The van der Waals surface area contributed by atoms with E-state index in [9.17, 15) is 0 Å². The Morgan fingerprint density at radius 2 is 2.06 bits per heavy atom. The van der Waals surface area contributed by atoms with Crippen molar-refractivity contribution in [2.75, 3.05) is 7.11 Å². The van der Waals surface area contributed by atoms with E-state index in [0.29, 0.717) is 12.1 Å². The maximum atomic E-state index is 6.12. The normalized spacial score (nSPS) is 24.6. The van der Waals surface area contributed by atoms with Crippen LogP contribution in [0.25, 0.3) is 0 Å². The Balaban J connectivity index is 1.92. The third kappa shape index (κ3) is 3.20. The second-order valence-corrected chi connectivity index (χ2v) is 4.75. The second-order valence-electron chi connectivity index (χ2n) is 4.75. The van der Waals surface area contributed by atoms with Crippen LogP contribution in [0.15, 0.2) is 24.3 Å². The number of hydrogen-bond donors (Lipinski definition) is 2. The Labute approximate surface area is 103 Å². The highest BCUT2D eigenvalue weighted by molar-refractivity contribution is 5.33. The monoisotopic (exact) mass is 234 g/mol. The molecule has 17 heavy (non-hydrogen) atoms. The van der Waals surface area contributed by atoms with E-state index in [4.69, 9.17) is 10.5 Å². The minimum atomic E-state index is 0.304. The second kappa shape index (κ2) is 6.03. The molecule has 1 saturated carbocycles. The van der Waals surface area contributed by atoms with E-state index < -0.39 is 0 Å². The molecule has 0 unspecified atom stereocenters. The molecule has 0 radical (unpaired) electrons. The molecule has 1 aliphatic carbocycles. The Bertz CT molecular complexity index is 354. The van der Waals surface area contributed by atoms with E-state index in [1.807, 2.05) is 18.2 Å². The average Bonchev–Trinajstić information content (AvgIpc) is 2.38. The van der Waals surface area contributed by atoms with Gasteiger partial charge in [0.15, 0.2) is 0 Å². The number of para-hydroxylation sites is 1. The summed E-state index contributed by atoms with van der Waals surface area (Å²) in [6.07, 6.45) is 4.89. The van der Waals surface area contributed by atoms with E-state index in [1.54, 1.807) is 7.11 Å². The summed E-state index contributed by atoms with van der Waals surface area (Å²) in [5, 5.41) is 3.56. The zero-order chi connectivity index (χ0) is 12.1. The molecule has 1 aromatic carbocycles. The van der Waals surface area contributed by atoms with Crippen LogP contribution in [-0.2, 0) is 6.54 Å². The largest absolute Gasteiger partial charge is 0.496 e. The Morgan fingerprint density at radius 1 is 1.29 bits per heavy atom. The van der Waals surface area contributed by atoms with Crippen molar-refractivity contribution in [3.63, 3.8) is 0 Å². The zero-order valence-corrected chi connectivity index (χ0v) is 10.5. The molecule has 2 rings (SSSR count). The molecule has 0 bridgehead atoms. The summed E-state index contributed by atoms with van der Waals surface area (Å²) in [4.78, 5) is 0. The summed E-state index contributed by atoms with van der Waals surface area (Å²) in [6.45, 7) is 0.836. The molecular formula is C14H22N2O. The fraction of sp³-hybridized carbons (Fsp3) is 0.571. The number of nitrogens with one attached hydrogen (secondary N) is 1. The topological polar surface area (TPSA) is 47.3 Å². The lowest BCUT2D eigenvalue weighted by atomic mass is 9.91. The minimum Gasteiger partial charge on any atom is -0.496 e. The van der Waals surface area contributed by atoms with Gasteiger partial charge >= 0.3 is 0 Å². The molecule has 0 aromatic heterocycles. The molecule has 1 fully saturated rings. The van der Waals surface area contributed by atoms with Gasteiger partial charge in [-0.05, 0) is 18.9 Å². The first-order valence-electron chi connectivity index (χ1n) is 6.42. The Kier molecular flexibility index (Phi) is 4.40. The van der Waals surface area contributed by atoms with Crippen LogP contribution in [0, 0.1) is 0 Å². The predicted molar refractivity (Wildman–Crippen MR) is 70.1 cm³/mol. The highest BCUT2D eigenvalue weighted by atomic mass is 16.5. The van der Waals surface area contributed by atoms with Crippen LogP contribution in [-0.4, -0.2) is 19.2 Å². The van der Waals surface area contributed by atoms with Crippen molar-refractivity contribution in [3.05, 3.63) is 29.8 Å². The fourth-order valence-corrected chi connectivity index (χ4v) is 2.50. The van der Waals surface area contributed by atoms with Gasteiger partial charge in [0.2, 0.25) is 0 Å². The third-order valence-corrected chi connectivity index (χ3v) is 3.57. The van der Waals surface area contributed by atoms with Crippen LogP contribution in [0.1, 0.15) is 31.2 Å². The van der Waals surface area contributed by atoms with Gasteiger partial charge in [-0.1, -0.05) is 31.0 Å². The maximum absolute atomic E-state index is 6.12. The van der Waals surface area contributed by atoms with Crippen LogP contribution in [0.3, 0.4) is 0 Å². The summed E-state index contributed by atoms with van der Waals surface area (Å²) in [7, 11) is 1.71. The molecule has 2 atom stereocenters. The summed E-state index contributed by atoms with van der Waals surface area (Å²) < 4.78 is 5.34. The molecule has 0 spiro atoms. The molecule has 0 amide bonds. The van der Waals surface area contributed by atoms with Crippen molar-refractivity contribution in [2.45, 2.75) is 44.3 Å². The number of methoxy groups -OCH3 is 1. The molecule has 3 heteroatoms. The van der Waals surface area contributed by atoms with Gasteiger partial charge in [0.05, 0.1) is 7.11 Å². The molecule has 3 N–H and O–H groups in total. The smallest absolute Gasteiger partial charge is 0.123 e. The van der Waals surface area contributed by atoms with Gasteiger partial charge in [-0.2, -0.15) is 0 Å². The summed E-state index contributed by atoms with van der Waals surface area (Å²) in [5.41, 5.74) is 7.32. The number of hydrogen-bond acceptors (Lipinski definition) is 3. The van der Waals surface area contributed by atoms with Crippen molar-refractivity contribution in [1.82, 2.24) is 5.32 Å². The molecule has 94 valence electrons. The van der Waals surface area contributed by atoms with Crippen LogP contribution in [0.5, 0.6) is 5.75 Å². The summed E-state index contributed by atoms with van der Waals surface area (Å²) in [6, 6.07) is 8.89. The van der Waals surface area contributed by atoms with Crippen molar-refractivity contribution in [2.24, 2.45) is 5.73 Å². The highest BCUT2D eigenvalue weighted by Gasteiger charge is 2.21. The summed E-state index contributed by atoms with van der Waals surface area (Å²) in [5.74, 6) is 0.949. The third-order valence-electron chi connectivity index (χ3n) is 3.57. The van der Waals surface area contributed by atoms with E-state index >= 15 is 0 Å². The minimum absolute atomic E-state index is 0.304. The standard InChI is InChI=1S/C14H22N2O/c1-17-14-9-5-2-6-11(14)10-16-13-8-4-3-7-12(13)15/h2,5-6,9,12-13,16H,3-4,7-8,10,15H2,1H3/t12-,13-/m1/s1. The van der Waals surface area contributed by atoms with Gasteiger partial charge in [0, 0.05) is 24.2 Å². The number of nitrogens with two attached hydrogens (primary N) is 1. The van der Waals surface area contributed by atoms with Gasteiger partial charge in [-0.15, -0.1) is 0 Å². The summed E-state index contributed by atoms with van der Waals surface area (Å²) >= 11 is 0. The van der Waals surface area contributed by atoms with Gasteiger partial charge in [-0.25, -0.2) is 0 Å². The molecule has 0 saturated heterocycles. The molecule has 0 heterocycles. The SMILES string of the molecule is COc1ccccc1CN[C@@H]1CCCC[C@H]1N. The first kappa shape index (κ1) is 12.4. The molecular weight excluding hydrogens is 212 g/mol. The average molecular weight is 234 g/mol. The van der Waals surface area contributed by atoms with Gasteiger partial charge < -0.3 is 15.8 Å². The van der Waals surface area contributed by atoms with Crippen molar-refractivity contribution in [3.8, 4) is 5.75 Å². The van der Waals surface area contributed by atoms with Crippen LogP contribution >= 0.6 is 0 Å². The van der Waals surface area contributed by atoms with Crippen LogP contribution in [0.2, 0.25) is 0 Å². The van der Waals surface area contributed by atoms with Gasteiger partial charge in [-0.3, -0.25) is 0 Å². The first-order valence-corrected chi connectivity index (χ1v) is 6.42. The highest BCUT2D eigenvalue weighted by Crippen LogP contribution is 2.20. The Hall–Kier alpha value is -1.06. The number of rotatable bonds is 4. The zero-order valence-electron chi connectivity index (χ0n) is 10.5. The van der Waals surface area contributed by atoms with E-state index in [1.165, 1.54) is 24.8 Å². The lowest BCUT2D eigenvalue weighted by Gasteiger charge is -2.29. The van der Waals surface area contributed by atoms with Crippen LogP contribution < -0.4 is 15.8 Å². The molecule has 3 nitrogen and oxygen atoms in total. The van der Waals surface area contributed by atoms with Gasteiger partial charge in [0.25, 0.3) is 0 Å². The molecule has 1 aromatic rings. The number of benzene rings is 1. The lowest BCUT2D eigenvalue weighted by molar-refractivity contribution is 0.324. The van der Waals surface area contributed by atoms with E-state index in [-0.39, 0.29) is 0 Å². The maximum Gasteiger partial charge on any atom is 0.123 e. The molecule has 0 aliphatic heterocycles. The van der Waals surface area contributed by atoms with Crippen LogP contribution in [0.4, 0.5) is 0 Å². The van der Waals surface area contributed by atoms with Gasteiger partial charge in [0.1, 0.15) is 5.75 Å². The Morgan fingerprint density at radius 3 is 2.82 bits per heavy atom. The van der Waals surface area contributed by atoms with E-state index in [2.05, 4.69) is 11.4 Å². The van der Waals surface area contributed by atoms with Crippen molar-refractivity contribution < 1.29 is 4.74 Å². The first-order chi connectivity index (χ1) is 8.31.